The monoisotopic (exact) mass is 436 g/mol. The summed E-state index contributed by atoms with van der Waals surface area (Å²) in [5, 5.41) is 1.01. The zero-order valence-corrected chi connectivity index (χ0v) is 18.0. The highest BCUT2D eigenvalue weighted by molar-refractivity contribution is 7.22. The van der Waals surface area contributed by atoms with Gasteiger partial charge in [-0.25, -0.2) is 4.98 Å². The first-order chi connectivity index (χ1) is 15.2. The van der Waals surface area contributed by atoms with Crippen molar-refractivity contribution in [1.82, 2.24) is 9.88 Å². The molecule has 2 amide bonds. The molecule has 0 N–H and O–H groups in total. The Bertz CT molecular complexity index is 1070. The van der Waals surface area contributed by atoms with Crippen molar-refractivity contribution in [2.75, 3.05) is 49.1 Å². The smallest absolute Gasteiger partial charge is 0.260 e. The highest BCUT2D eigenvalue weighted by Gasteiger charge is 2.24. The number of carbonyl (C=O) groups is 2. The summed E-state index contributed by atoms with van der Waals surface area (Å²) in [7, 11) is 0. The van der Waals surface area contributed by atoms with Gasteiger partial charge in [0.05, 0.1) is 10.2 Å². The fraction of sp³-hybridized carbons (Fsp3) is 0.348. The molecule has 2 aliphatic rings. The number of para-hydroxylation sites is 1. The van der Waals surface area contributed by atoms with Crippen molar-refractivity contribution in [2.24, 2.45) is 0 Å². The second kappa shape index (κ2) is 8.55. The average Bonchev–Trinajstić information content (AvgIpc) is 3.44. The van der Waals surface area contributed by atoms with Crippen LogP contribution in [-0.4, -0.2) is 61.0 Å². The van der Waals surface area contributed by atoms with E-state index in [9.17, 15) is 9.59 Å². The molecule has 0 aliphatic carbocycles. The Kier molecular flexibility index (Phi) is 5.46. The molecule has 2 saturated heterocycles. The third-order valence-corrected chi connectivity index (χ3v) is 6.85. The fourth-order valence-corrected chi connectivity index (χ4v) is 5.06. The standard InChI is InChI=1S/C23H24N4O3S/c28-21-9-4-10-27(21)17-5-3-6-18(15-17)30-16-22(29)25-11-13-26(14-12-25)23-24-19-7-1-2-8-20(19)31-23/h1-3,5-8,15H,4,9-14,16H2. The molecule has 0 spiro atoms. The van der Waals surface area contributed by atoms with E-state index in [1.807, 2.05) is 47.4 Å². The maximum Gasteiger partial charge on any atom is 0.260 e. The van der Waals surface area contributed by atoms with Crippen molar-refractivity contribution < 1.29 is 14.3 Å². The molecule has 2 aromatic carbocycles. The SMILES string of the molecule is O=C(COc1cccc(N2CCCC2=O)c1)N1CCN(c2nc3ccccc3s2)CC1. The minimum absolute atomic E-state index is 0.00145. The Labute approximate surface area is 184 Å². The minimum atomic E-state index is -0.0217. The summed E-state index contributed by atoms with van der Waals surface area (Å²) in [6.07, 6.45) is 1.47. The molecule has 0 atom stereocenters. The largest absolute Gasteiger partial charge is 0.484 e. The normalized spacial score (nSPS) is 16.9. The molecule has 5 rings (SSSR count). The first kappa shape index (κ1) is 19.8. The molecular formula is C23H24N4O3S. The van der Waals surface area contributed by atoms with Gasteiger partial charge in [-0.3, -0.25) is 9.59 Å². The molecule has 0 unspecified atom stereocenters. The van der Waals surface area contributed by atoms with Gasteiger partial charge in [-0.05, 0) is 30.7 Å². The van der Waals surface area contributed by atoms with Crippen LogP contribution in [0.1, 0.15) is 12.8 Å². The maximum atomic E-state index is 12.7. The van der Waals surface area contributed by atoms with Crippen LogP contribution in [0.4, 0.5) is 10.8 Å². The van der Waals surface area contributed by atoms with Gasteiger partial charge < -0.3 is 19.4 Å². The van der Waals surface area contributed by atoms with E-state index >= 15 is 0 Å². The average molecular weight is 437 g/mol. The van der Waals surface area contributed by atoms with Crippen molar-refractivity contribution in [3.63, 3.8) is 0 Å². The van der Waals surface area contributed by atoms with Gasteiger partial charge in [0, 0.05) is 50.9 Å². The molecular weight excluding hydrogens is 412 g/mol. The number of thiazole rings is 1. The van der Waals surface area contributed by atoms with Crippen molar-refractivity contribution in [1.29, 1.82) is 0 Å². The molecule has 2 fully saturated rings. The van der Waals surface area contributed by atoms with Crippen LogP contribution in [0.25, 0.3) is 10.2 Å². The Morgan fingerprint density at radius 3 is 2.65 bits per heavy atom. The lowest BCUT2D eigenvalue weighted by Crippen LogP contribution is -2.50. The lowest BCUT2D eigenvalue weighted by atomic mass is 10.2. The van der Waals surface area contributed by atoms with Gasteiger partial charge in [0.1, 0.15) is 5.75 Å². The van der Waals surface area contributed by atoms with Gasteiger partial charge in [0.15, 0.2) is 11.7 Å². The number of fused-ring (bicyclic) bond motifs is 1. The van der Waals surface area contributed by atoms with Crippen LogP contribution in [-0.2, 0) is 9.59 Å². The third kappa shape index (κ3) is 4.20. The van der Waals surface area contributed by atoms with E-state index in [0.29, 0.717) is 25.3 Å². The predicted molar refractivity (Wildman–Crippen MR) is 122 cm³/mol. The van der Waals surface area contributed by atoms with Crippen LogP contribution in [0.2, 0.25) is 0 Å². The number of benzene rings is 2. The summed E-state index contributed by atoms with van der Waals surface area (Å²) in [6.45, 7) is 3.57. The third-order valence-electron chi connectivity index (χ3n) is 5.75. The van der Waals surface area contributed by atoms with Crippen molar-refractivity contribution in [3.8, 4) is 5.75 Å². The Morgan fingerprint density at radius 1 is 1.03 bits per heavy atom. The number of ether oxygens (including phenoxy) is 1. The molecule has 3 heterocycles. The van der Waals surface area contributed by atoms with Crippen molar-refractivity contribution in [2.45, 2.75) is 12.8 Å². The van der Waals surface area contributed by atoms with Gasteiger partial charge in [-0.15, -0.1) is 0 Å². The van der Waals surface area contributed by atoms with E-state index in [1.54, 1.807) is 16.2 Å². The maximum absolute atomic E-state index is 12.7. The van der Waals surface area contributed by atoms with E-state index in [4.69, 9.17) is 9.72 Å². The van der Waals surface area contributed by atoms with Crippen molar-refractivity contribution >= 4 is 44.2 Å². The summed E-state index contributed by atoms with van der Waals surface area (Å²) < 4.78 is 6.94. The van der Waals surface area contributed by atoms with Crippen LogP contribution < -0.4 is 14.5 Å². The number of amides is 2. The van der Waals surface area contributed by atoms with Gasteiger partial charge in [0.2, 0.25) is 5.91 Å². The molecule has 160 valence electrons. The molecule has 0 bridgehead atoms. The number of hydrogen-bond donors (Lipinski definition) is 0. The van der Waals surface area contributed by atoms with E-state index in [0.717, 1.165) is 42.4 Å². The molecule has 1 aromatic heterocycles. The molecule has 31 heavy (non-hydrogen) atoms. The minimum Gasteiger partial charge on any atom is -0.484 e. The van der Waals surface area contributed by atoms with Crippen LogP contribution in [0, 0.1) is 0 Å². The van der Waals surface area contributed by atoms with Gasteiger partial charge >= 0.3 is 0 Å². The zero-order chi connectivity index (χ0) is 21.2. The number of nitrogens with zero attached hydrogens (tertiary/aromatic N) is 4. The lowest BCUT2D eigenvalue weighted by Gasteiger charge is -2.34. The van der Waals surface area contributed by atoms with Gasteiger partial charge in [-0.1, -0.05) is 29.5 Å². The Hall–Kier alpha value is -3.13. The molecule has 8 heteroatoms. The molecule has 7 nitrogen and oxygen atoms in total. The predicted octanol–water partition coefficient (Wildman–Crippen LogP) is 3.15. The number of aromatic nitrogens is 1. The Morgan fingerprint density at radius 2 is 1.87 bits per heavy atom. The first-order valence-corrected chi connectivity index (χ1v) is 11.4. The molecule has 2 aliphatic heterocycles. The van der Waals surface area contributed by atoms with E-state index < -0.39 is 0 Å². The topological polar surface area (TPSA) is 66.0 Å². The van der Waals surface area contributed by atoms with E-state index in [2.05, 4.69) is 11.0 Å². The lowest BCUT2D eigenvalue weighted by molar-refractivity contribution is -0.133. The summed E-state index contributed by atoms with van der Waals surface area (Å²) >= 11 is 1.69. The highest BCUT2D eigenvalue weighted by atomic mass is 32.1. The molecule has 0 saturated carbocycles. The number of carbonyl (C=O) groups excluding carboxylic acids is 2. The van der Waals surface area contributed by atoms with Crippen LogP contribution in [0.3, 0.4) is 0 Å². The number of anilines is 2. The summed E-state index contributed by atoms with van der Waals surface area (Å²) in [5.41, 5.74) is 1.85. The Balaban J connectivity index is 1.15. The second-order valence-corrected chi connectivity index (χ2v) is 8.78. The fourth-order valence-electron chi connectivity index (χ4n) is 4.04. The highest BCUT2D eigenvalue weighted by Crippen LogP contribution is 2.29. The second-order valence-electron chi connectivity index (χ2n) is 7.77. The number of piperazine rings is 1. The van der Waals surface area contributed by atoms with E-state index in [-0.39, 0.29) is 18.4 Å². The van der Waals surface area contributed by atoms with Crippen molar-refractivity contribution in [3.05, 3.63) is 48.5 Å². The summed E-state index contributed by atoms with van der Waals surface area (Å²) in [5.74, 6) is 0.726. The number of hydrogen-bond acceptors (Lipinski definition) is 6. The molecule has 3 aromatic rings. The molecule has 0 radical (unpaired) electrons. The number of rotatable bonds is 5. The van der Waals surface area contributed by atoms with Crippen LogP contribution in [0.15, 0.2) is 48.5 Å². The van der Waals surface area contributed by atoms with E-state index in [1.165, 1.54) is 4.70 Å². The zero-order valence-electron chi connectivity index (χ0n) is 17.2. The summed E-state index contributed by atoms with van der Waals surface area (Å²) in [6, 6.07) is 15.6. The van der Waals surface area contributed by atoms with Crippen LogP contribution >= 0.6 is 11.3 Å². The first-order valence-electron chi connectivity index (χ1n) is 10.6. The van der Waals surface area contributed by atoms with Gasteiger partial charge in [-0.2, -0.15) is 0 Å². The quantitative estimate of drug-likeness (QED) is 0.615. The summed E-state index contributed by atoms with van der Waals surface area (Å²) in [4.78, 5) is 35.2. The van der Waals surface area contributed by atoms with Gasteiger partial charge in [0.25, 0.3) is 5.91 Å². The van der Waals surface area contributed by atoms with Crippen LogP contribution in [0.5, 0.6) is 5.75 Å².